The van der Waals surface area contributed by atoms with Crippen molar-refractivity contribution in [1.82, 2.24) is 4.98 Å². The first-order chi connectivity index (χ1) is 16.3. The number of carbonyl (C=O) groups is 1. The van der Waals surface area contributed by atoms with E-state index in [9.17, 15) is 17.6 Å². The van der Waals surface area contributed by atoms with Crippen LogP contribution < -0.4 is 9.62 Å². The number of carbonyl (C=O) groups excluding carboxylic acids is 1. The maximum absolute atomic E-state index is 13.5. The summed E-state index contributed by atoms with van der Waals surface area (Å²) in [7, 11) is -3.86. The molecule has 34 heavy (non-hydrogen) atoms. The quantitative estimate of drug-likeness (QED) is 0.407. The number of para-hydroxylation sites is 1. The first-order valence-corrected chi connectivity index (χ1v) is 12.9. The number of thiazole rings is 1. The van der Waals surface area contributed by atoms with Gasteiger partial charge in [0.1, 0.15) is 5.82 Å². The van der Waals surface area contributed by atoms with Gasteiger partial charge in [0, 0.05) is 22.5 Å². The zero-order valence-electron chi connectivity index (χ0n) is 18.1. The molecule has 172 valence electrons. The summed E-state index contributed by atoms with van der Waals surface area (Å²) < 4.78 is 41.5. The first kappa shape index (κ1) is 22.2. The summed E-state index contributed by atoms with van der Waals surface area (Å²) >= 11 is 1.23. The maximum atomic E-state index is 13.5. The summed E-state index contributed by atoms with van der Waals surface area (Å²) in [5.41, 5.74) is 3.19. The van der Waals surface area contributed by atoms with Crippen LogP contribution in [0.5, 0.6) is 0 Å². The summed E-state index contributed by atoms with van der Waals surface area (Å²) in [4.78, 5) is 17.3. The number of hydrogen-bond acceptors (Lipinski definition) is 5. The van der Waals surface area contributed by atoms with E-state index in [0.29, 0.717) is 22.9 Å². The molecule has 0 fully saturated rings. The highest BCUT2D eigenvalue weighted by Gasteiger charge is 2.36. The van der Waals surface area contributed by atoms with Gasteiger partial charge in [0.15, 0.2) is 5.13 Å². The molecule has 0 aliphatic carbocycles. The number of rotatable bonds is 5. The standard InChI is InChI=1S/C25H20FN3O3S2/c1-16-13-18-5-2-3-8-23(18)29(16)34(31,32)21-7-4-6-19(14-21)24(30)28-25-27-22(15-33-25)17-9-11-20(26)12-10-17/h2-12,14-16H,13H2,1H3,(H,27,28,30). The molecule has 1 N–H and O–H groups in total. The lowest BCUT2D eigenvalue weighted by atomic mass is 10.1. The lowest BCUT2D eigenvalue weighted by molar-refractivity contribution is 0.102. The highest BCUT2D eigenvalue weighted by Crippen LogP contribution is 2.36. The third kappa shape index (κ3) is 4.08. The van der Waals surface area contributed by atoms with Gasteiger partial charge < -0.3 is 0 Å². The molecule has 0 saturated carbocycles. The molecule has 0 radical (unpaired) electrons. The van der Waals surface area contributed by atoms with E-state index in [1.54, 1.807) is 35.7 Å². The number of amides is 1. The van der Waals surface area contributed by atoms with Crippen molar-refractivity contribution in [2.24, 2.45) is 0 Å². The molecule has 1 atom stereocenters. The molecule has 0 saturated heterocycles. The van der Waals surface area contributed by atoms with Crippen molar-refractivity contribution >= 4 is 38.1 Å². The second-order valence-corrected chi connectivity index (χ2v) is 10.7. The van der Waals surface area contributed by atoms with Crippen LogP contribution in [-0.2, 0) is 16.4 Å². The Labute approximate surface area is 200 Å². The molecular formula is C25H20FN3O3S2. The molecule has 2 heterocycles. The number of aromatic nitrogens is 1. The topological polar surface area (TPSA) is 79.4 Å². The molecule has 1 unspecified atom stereocenters. The van der Waals surface area contributed by atoms with Crippen LogP contribution in [0.1, 0.15) is 22.8 Å². The average molecular weight is 494 g/mol. The molecule has 1 aliphatic rings. The zero-order valence-corrected chi connectivity index (χ0v) is 19.7. The lowest BCUT2D eigenvalue weighted by Gasteiger charge is -2.24. The fourth-order valence-electron chi connectivity index (χ4n) is 4.07. The van der Waals surface area contributed by atoms with Gasteiger partial charge in [-0.1, -0.05) is 24.3 Å². The smallest absolute Gasteiger partial charge is 0.264 e. The normalized spacial score (nSPS) is 15.2. The zero-order chi connectivity index (χ0) is 23.9. The van der Waals surface area contributed by atoms with E-state index in [0.717, 1.165) is 11.1 Å². The Balaban J connectivity index is 1.38. The van der Waals surface area contributed by atoms with E-state index in [2.05, 4.69) is 10.3 Å². The minimum Gasteiger partial charge on any atom is -0.298 e. The number of sulfonamides is 1. The monoisotopic (exact) mass is 493 g/mol. The van der Waals surface area contributed by atoms with E-state index >= 15 is 0 Å². The lowest BCUT2D eigenvalue weighted by Crippen LogP contribution is -2.35. The highest BCUT2D eigenvalue weighted by molar-refractivity contribution is 7.92. The number of anilines is 2. The van der Waals surface area contributed by atoms with Gasteiger partial charge in [-0.15, -0.1) is 11.3 Å². The second kappa shape index (κ2) is 8.66. The van der Waals surface area contributed by atoms with Crippen LogP contribution in [0.25, 0.3) is 11.3 Å². The van der Waals surface area contributed by atoms with Crippen LogP contribution in [0.15, 0.2) is 83.1 Å². The molecule has 1 amide bonds. The Hall–Kier alpha value is -3.56. The largest absolute Gasteiger partial charge is 0.298 e. The third-order valence-electron chi connectivity index (χ3n) is 5.66. The van der Waals surface area contributed by atoms with Crippen molar-refractivity contribution in [3.8, 4) is 11.3 Å². The molecule has 6 nitrogen and oxygen atoms in total. The molecule has 0 bridgehead atoms. The Kier molecular flexibility index (Phi) is 5.66. The first-order valence-electron chi connectivity index (χ1n) is 10.6. The van der Waals surface area contributed by atoms with Crippen LogP contribution in [0.2, 0.25) is 0 Å². The number of hydrogen-bond donors (Lipinski definition) is 1. The maximum Gasteiger partial charge on any atom is 0.264 e. The third-order valence-corrected chi connectivity index (χ3v) is 8.34. The van der Waals surface area contributed by atoms with Crippen molar-refractivity contribution < 1.29 is 17.6 Å². The fourth-order valence-corrected chi connectivity index (χ4v) is 6.52. The molecule has 4 aromatic rings. The molecule has 1 aromatic heterocycles. The highest BCUT2D eigenvalue weighted by atomic mass is 32.2. The van der Waals surface area contributed by atoms with Crippen molar-refractivity contribution in [3.63, 3.8) is 0 Å². The Morgan fingerprint density at radius 3 is 2.65 bits per heavy atom. The summed E-state index contributed by atoms with van der Waals surface area (Å²) in [6, 6.07) is 19.1. The summed E-state index contributed by atoms with van der Waals surface area (Å²) in [5.74, 6) is -0.805. The van der Waals surface area contributed by atoms with Gasteiger partial charge in [0.2, 0.25) is 0 Å². The van der Waals surface area contributed by atoms with Crippen molar-refractivity contribution in [2.45, 2.75) is 24.3 Å². The van der Waals surface area contributed by atoms with Gasteiger partial charge >= 0.3 is 0 Å². The van der Waals surface area contributed by atoms with E-state index in [1.165, 1.54) is 39.9 Å². The van der Waals surface area contributed by atoms with Crippen LogP contribution in [0, 0.1) is 5.82 Å². The molecular weight excluding hydrogens is 473 g/mol. The van der Waals surface area contributed by atoms with Gasteiger partial charge in [-0.2, -0.15) is 0 Å². The number of halogens is 1. The molecule has 3 aromatic carbocycles. The number of fused-ring (bicyclic) bond motifs is 1. The minimum absolute atomic E-state index is 0.0508. The molecule has 5 rings (SSSR count). The molecule has 0 spiro atoms. The van der Waals surface area contributed by atoms with Gasteiger partial charge in [-0.25, -0.2) is 17.8 Å². The number of nitrogens with zero attached hydrogens (tertiary/aromatic N) is 2. The molecule has 1 aliphatic heterocycles. The Bertz CT molecular complexity index is 1480. The van der Waals surface area contributed by atoms with Gasteiger partial charge in [0.05, 0.1) is 16.3 Å². The number of nitrogens with one attached hydrogen (secondary N) is 1. The van der Waals surface area contributed by atoms with Crippen molar-refractivity contribution in [3.05, 3.63) is 95.1 Å². The fraction of sp³-hybridized carbons (Fsp3) is 0.120. The minimum atomic E-state index is -3.86. The van der Waals surface area contributed by atoms with Gasteiger partial charge in [-0.05, 0) is 67.4 Å². The van der Waals surface area contributed by atoms with E-state index in [4.69, 9.17) is 0 Å². The van der Waals surface area contributed by atoms with Crippen molar-refractivity contribution in [2.75, 3.05) is 9.62 Å². The van der Waals surface area contributed by atoms with Gasteiger partial charge in [0.25, 0.3) is 15.9 Å². The van der Waals surface area contributed by atoms with Crippen LogP contribution >= 0.6 is 11.3 Å². The number of benzene rings is 3. The van der Waals surface area contributed by atoms with Crippen LogP contribution in [0.4, 0.5) is 15.2 Å². The SMILES string of the molecule is CC1Cc2ccccc2N1S(=O)(=O)c1cccc(C(=O)Nc2nc(-c3ccc(F)cc3)cs2)c1. The predicted molar refractivity (Wildman–Crippen MR) is 131 cm³/mol. The summed E-state index contributed by atoms with van der Waals surface area (Å²) in [6.45, 7) is 1.87. The predicted octanol–water partition coefficient (Wildman–Crippen LogP) is 5.34. The van der Waals surface area contributed by atoms with Crippen LogP contribution in [-0.4, -0.2) is 25.4 Å². The summed E-state index contributed by atoms with van der Waals surface area (Å²) in [5, 5.41) is 4.84. The molecule has 9 heteroatoms. The Morgan fingerprint density at radius 1 is 1.09 bits per heavy atom. The van der Waals surface area contributed by atoms with Gasteiger partial charge in [-0.3, -0.25) is 14.4 Å². The second-order valence-electron chi connectivity index (χ2n) is 8.01. The average Bonchev–Trinajstić information content (AvgIpc) is 3.43. The van der Waals surface area contributed by atoms with E-state index in [-0.39, 0.29) is 22.3 Å². The Morgan fingerprint density at radius 2 is 1.85 bits per heavy atom. The van der Waals surface area contributed by atoms with Crippen molar-refractivity contribution in [1.29, 1.82) is 0 Å². The van der Waals surface area contributed by atoms with Crippen LogP contribution in [0.3, 0.4) is 0 Å². The summed E-state index contributed by atoms with van der Waals surface area (Å²) in [6.07, 6.45) is 0.635. The van der Waals surface area contributed by atoms with E-state index < -0.39 is 15.9 Å². The van der Waals surface area contributed by atoms with E-state index in [1.807, 2.05) is 25.1 Å².